The van der Waals surface area contributed by atoms with Crippen LogP contribution in [0, 0.1) is 12.8 Å². The normalized spacial score (nSPS) is 10.5. The van der Waals surface area contributed by atoms with Crippen molar-refractivity contribution in [2.45, 2.75) is 20.8 Å². The van der Waals surface area contributed by atoms with E-state index < -0.39 is 0 Å². The SMILES string of the molecule is COc1ccc(OCCNc2nc(C)cc(NCC(C)C)n2)cc1. The van der Waals surface area contributed by atoms with E-state index in [0.29, 0.717) is 25.0 Å². The lowest BCUT2D eigenvalue weighted by Gasteiger charge is -2.12. The lowest BCUT2D eigenvalue weighted by atomic mass is 10.2. The van der Waals surface area contributed by atoms with Gasteiger partial charge in [-0.15, -0.1) is 0 Å². The number of ether oxygens (including phenoxy) is 2. The first-order valence-corrected chi connectivity index (χ1v) is 8.17. The van der Waals surface area contributed by atoms with E-state index >= 15 is 0 Å². The molecule has 24 heavy (non-hydrogen) atoms. The first-order valence-electron chi connectivity index (χ1n) is 8.17. The average molecular weight is 330 g/mol. The molecule has 0 radical (unpaired) electrons. The number of benzene rings is 1. The molecule has 1 aromatic heterocycles. The summed E-state index contributed by atoms with van der Waals surface area (Å²) in [5, 5.41) is 6.51. The van der Waals surface area contributed by atoms with Gasteiger partial charge in [-0.1, -0.05) is 13.8 Å². The van der Waals surface area contributed by atoms with Gasteiger partial charge < -0.3 is 20.1 Å². The van der Waals surface area contributed by atoms with Crippen molar-refractivity contribution in [2.75, 3.05) is 37.4 Å². The summed E-state index contributed by atoms with van der Waals surface area (Å²) in [5.74, 6) is 3.64. The van der Waals surface area contributed by atoms with Gasteiger partial charge in [-0.2, -0.15) is 4.98 Å². The second-order valence-corrected chi connectivity index (χ2v) is 5.94. The predicted octanol–water partition coefficient (Wildman–Crippen LogP) is 3.35. The first-order chi connectivity index (χ1) is 11.6. The Morgan fingerprint density at radius 3 is 2.42 bits per heavy atom. The van der Waals surface area contributed by atoms with Crippen LogP contribution in [0.4, 0.5) is 11.8 Å². The molecular formula is C18H26N4O2. The maximum Gasteiger partial charge on any atom is 0.224 e. The Balaban J connectivity index is 1.80. The minimum atomic E-state index is 0.526. The van der Waals surface area contributed by atoms with E-state index in [0.717, 1.165) is 29.6 Å². The highest BCUT2D eigenvalue weighted by molar-refractivity contribution is 5.42. The molecule has 0 aliphatic rings. The van der Waals surface area contributed by atoms with Crippen molar-refractivity contribution in [3.8, 4) is 11.5 Å². The van der Waals surface area contributed by atoms with Gasteiger partial charge in [0, 0.05) is 18.3 Å². The topological polar surface area (TPSA) is 68.3 Å². The number of anilines is 2. The van der Waals surface area contributed by atoms with Crippen LogP contribution in [0.25, 0.3) is 0 Å². The summed E-state index contributed by atoms with van der Waals surface area (Å²) in [7, 11) is 1.64. The minimum absolute atomic E-state index is 0.526. The number of methoxy groups -OCH3 is 1. The van der Waals surface area contributed by atoms with Gasteiger partial charge in [-0.05, 0) is 37.1 Å². The molecule has 0 aliphatic carbocycles. The predicted molar refractivity (Wildman–Crippen MR) is 97.1 cm³/mol. The van der Waals surface area contributed by atoms with Crippen LogP contribution < -0.4 is 20.1 Å². The number of rotatable bonds is 9. The quantitative estimate of drug-likeness (QED) is 0.687. The van der Waals surface area contributed by atoms with E-state index in [1.54, 1.807) is 7.11 Å². The van der Waals surface area contributed by atoms with Crippen molar-refractivity contribution in [3.63, 3.8) is 0 Å². The lowest BCUT2D eigenvalue weighted by molar-refractivity contribution is 0.331. The van der Waals surface area contributed by atoms with E-state index in [1.807, 2.05) is 37.3 Å². The Kier molecular flexibility index (Phi) is 6.66. The molecule has 2 aromatic rings. The number of aromatic nitrogens is 2. The second kappa shape index (κ2) is 8.96. The fourth-order valence-corrected chi connectivity index (χ4v) is 2.05. The van der Waals surface area contributed by atoms with Crippen LogP contribution in [0.5, 0.6) is 11.5 Å². The number of hydrogen-bond donors (Lipinski definition) is 2. The zero-order valence-corrected chi connectivity index (χ0v) is 14.8. The molecule has 6 heteroatoms. The number of hydrogen-bond acceptors (Lipinski definition) is 6. The van der Waals surface area contributed by atoms with E-state index in [-0.39, 0.29) is 0 Å². The Morgan fingerprint density at radius 2 is 1.75 bits per heavy atom. The smallest absolute Gasteiger partial charge is 0.224 e. The van der Waals surface area contributed by atoms with Crippen molar-refractivity contribution in [2.24, 2.45) is 5.92 Å². The van der Waals surface area contributed by atoms with Crippen LogP contribution in [0.3, 0.4) is 0 Å². The Bertz CT molecular complexity index is 629. The standard InChI is InChI=1S/C18H26N4O2/c1-13(2)12-20-17-11-14(3)21-18(22-17)19-9-10-24-16-7-5-15(23-4)6-8-16/h5-8,11,13H,9-10,12H2,1-4H3,(H2,19,20,21,22). The summed E-state index contributed by atoms with van der Waals surface area (Å²) in [6, 6.07) is 9.46. The summed E-state index contributed by atoms with van der Waals surface area (Å²) in [6.07, 6.45) is 0. The molecule has 0 aliphatic heterocycles. The summed E-state index contributed by atoms with van der Waals surface area (Å²) in [6.45, 7) is 8.32. The highest BCUT2D eigenvalue weighted by Gasteiger charge is 2.03. The molecular weight excluding hydrogens is 304 g/mol. The van der Waals surface area contributed by atoms with Gasteiger partial charge in [0.2, 0.25) is 5.95 Å². The molecule has 0 spiro atoms. The third-order valence-corrected chi connectivity index (χ3v) is 3.26. The van der Waals surface area contributed by atoms with Crippen molar-refractivity contribution >= 4 is 11.8 Å². The summed E-state index contributed by atoms with van der Waals surface area (Å²) < 4.78 is 10.8. The lowest BCUT2D eigenvalue weighted by Crippen LogP contribution is -2.15. The van der Waals surface area contributed by atoms with E-state index in [9.17, 15) is 0 Å². The highest BCUT2D eigenvalue weighted by atomic mass is 16.5. The molecule has 0 bridgehead atoms. The number of nitrogens with zero attached hydrogens (tertiary/aromatic N) is 2. The van der Waals surface area contributed by atoms with Crippen LogP contribution in [0.1, 0.15) is 19.5 Å². The monoisotopic (exact) mass is 330 g/mol. The molecule has 0 saturated heterocycles. The third kappa shape index (κ3) is 5.95. The molecule has 0 atom stereocenters. The van der Waals surface area contributed by atoms with Gasteiger partial charge in [0.1, 0.15) is 23.9 Å². The van der Waals surface area contributed by atoms with E-state index in [1.165, 1.54) is 0 Å². The van der Waals surface area contributed by atoms with Gasteiger partial charge in [-0.25, -0.2) is 4.98 Å². The largest absolute Gasteiger partial charge is 0.497 e. The molecule has 0 unspecified atom stereocenters. The molecule has 1 heterocycles. The fourth-order valence-electron chi connectivity index (χ4n) is 2.05. The molecule has 0 amide bonds. The third-order valence-electron chi connectivity index (χ3n) is 3.26. The van der Waals surface area contributed by atoms with Crippen LogP contribution >= 0.6 is 0 Å². The van der Waals surface area contributed by atoms with Crippen molar-refractivity contribution < 1.29 is 9.47 Å². The first kappa shape index (κ1) is 17.8. The van der Waals surface area contributed by atoms with Gasteiger partial charge in [0.25, 0.3) is 0 Å². The molecule has 0 fully saturated rings. The zero-order valence-electron chi connectivity index (χ0n) is 14.8. The fraction of sp³-hybridized carbons (Fsp3) is 0.444. The maximum absolute atomic E-state index is 5.68. The Hall–Kier alpha value is -2.50. The molecule has 1 aromatic carbocycles. The van der Waals surface area contributed by atoms with Gasteiger partial charge in [0.15, 0.2) is 0 Å². The Labute approximate surface area is 143 Å². The van der Waals surface area contributed by atoms with Crippen LogP contribution in [0.2, 0.25) is 0 Å². The van der Waals surface area contributed by atoms with E-state index in [4.69, 9.17) is 9.47 Å². The van der Waals surface area contributed by atoms with Crippen molar-refractivity contribution in [1.29, 1.82) is 0 Å². The Morgan fingerprint density at radius 1 is 1.04 bits per heavy atom. The molecule has 2 rings (SSSR count). The van der Waals surface area contributed by atoms with Crippen LogP contribution in [0.15, 0.2) is 30.3 Å². The number of aryl methyl sites for hydroxylation is 1. The average Bonchev–Trinajstić information content (AvgIpc) is 2.57. The van der Waals surface area contributed by atoms with E-state index in [2.05, 4.69) is 34.4 Å². The summed E-state index contributed by atoms with van der Waals surface area (Å²) >= 11 is 0. The maximum atomic E-state index is 5.68. The van der Waals surface area contributed by atoms with Gasteiger partial charge in [0.05, 0.1) is 13.7 Å². The molecule has 6 nitrogen and oxygen atoms in total. The summed E-state index contributed by atoms with van der Waals surface area (Å²) in [5.41, 5.74) is 0.926. The molecule has 2 N–H and O–H groups in total. The van der Waals surface area contributed by atoms with Crippen LogP contribution in [-0.2, 0) is 0 Å². The number of nitrogens with one attached hydrogen (secondary N) is 2. The molecule has 0 saturated carbocycles. The van der Waals surface area contributed by atoms with Gasteiger partial charge >= 0.3 is 0 Å². The summed E-state index contributed by atoms with van der Waals surface area (Å²) in [4.78, 5) is 8.86. The second-order valence-electron chi connectivity index (χ2n) is 5.94. The highest BCUT2D eigenvalue weighted by Crippen LogP contribution is 2.17. The minimum Gasteiger partial charge on any atom is -0.497 e. The molecule has 130 valence electrons. The van der Waals surface area contributed by atoms with Gasteiger partial charge in [-0.3, -0.25) is 0 Å². The zero-order chi connectivity index (χ0) is 17.4. The van der Waals surface area contributed by atoms with Crippen molar-refractivity contribution in [3.05, 3.63) is 36.0 Å². The van der Waals surface area contributed by atoms with Crippen molar-refractivity contribution in [1.82, 2.24) is 9.97 Å². The van der Waals surface area contributed by atoms with Crippen LogP contribution in [-0.4, -0.2) is 36.8 Å².